The molecule has 154 valence electrons. The Balaban J connectivity index is 1.42. The van der Waals surface area contributed by atoms with Crippen molar-refractivity contribution in [1.82, 2.24) is 10.2 Å². The van der Waals surface area contributed by atoms with Gasteiger partial charge in [0.2, 0.25) is 5.91 Å². The lowest BCUT2D eigenvalue weighted by Gasteiger charge is -2.33. The van der Waals surface area contributed by atoms with E-state index in [1.165, 1.54) is 19.3 Å². The second-order valence-electron chi connectivity index (χ2n) is 8.23. The number of hydrogen-bond donors (Lipinski definition) is 2. The van der Waals surface area contributed by atoms with E-state index in [4.69, 9.17) is 4.74 Å². The Morgan fingerprint density at radius 3 is 2.25 bits per heavy atom. The van der Waals surface area contributed by atoms with E-state index >= 15 is 0 Å². The fourth-order valence-corrected chi connectivity index (χ4v) is 3.99. The number of nitrogens with zero attached hydrogens (tertiary/aromatic N) is 1. The van der Waals surface area contributed by atoms with Crippen LogP contribution in [-0.2, 0) is 4.79 Å². The van der Waals surface area contributed by atoms with Crippen LogP contribution in [0.4, 0.5) is 10.5 Å². The number of ether oxygens (including phenoxy) is 1. The van der Waals surface area contributed by atoms with Gasteiger partial charge in [-0.3, -0.25) is 4.79 Å². The molecule has 3 amide bonds. The third-order valence-corrected chi connectivity index (χ3v) is 5.58. The highest BCUT2D eigenvalue weighted by atomic mass is 16.5. The lowest BCUT2D eigenvalue weighted by molar-refractivity contribution is -0.121. The van der Waals surface area contributed by atoms with Gasteiger partial charge in [-0.05, 0) is 63.8 Å². The van der Waals surface area contributed by atoms with Gasteiger partial charge >= 0.3 is 6.03 Å². The molecule has 1 aliphatic carbocycles. The van der Waals surface area contributed by atoms with E-state index in [-0.39, 0.29) is 24.0 Å². The molecule has 0 spiro atoms. The van der Waals surface area contributed by atoms with Gasteiger partial charge in [-0.1, -0.05) is 19.3 Å². The van der Waals surface area contributed by atoms with Gasteiger partial charge < -0.3 is 20.3 Å². The molecule has 2 fully saturated rings. The average Bonchev–Trinajstić information content (AvgIpc) is 2.70. The summed E-state index contributed by atoms with van der Waals surface area (Å²) >= 11 is 0. The largest absolute Gasteiger partial charge is 0.491 e. The maximum Gasteiger partial charge on any atom is 0.317 e. The number of nitrogens with one attached hydrogen (secondary N) is 2. The molecule has 3 rings (SSSR count). The zero-order valence-electron chi connectivity index (χ0n) is 17.1. The second-order valence-corrected chi connectivity index (χ2v) is 8.23. The number of urea groups is 1. The van der Waals surface area contributed by atoms with Crippen LogP contribution in [0.2, 0.25) is 0 Å². The van der Waals surface area contributed by atoms with Gasteiger partial charge in [-0.15, -0.1) is 0 Å². The van der Waals surface area contributed by atoms with Crippen LogP contribution >= 0.6 is 0 Å². The first-order valence-electron chi connectivity index (χ1n) is 10.6. The summed E-state index contributed by atoms with van der Waals surface area (Å²) in [6.07, 6.45) is 7.41. The van der Waals surface area contributed by atoms with Gasteiger partial charge in [-0.25, -0.2) is 4.79 Å². The molecular formula is C22H33N3O3. The van der Waals surface area contributed by atoms with Gasteiger partial charge in [0.15, 0.2) is 0 Å². The van der Waals surface area contributed by atoms with Crippen molar-refractivity contribution in [3.8, 4) is 5.75 Å². The van der Waals surface area contributed by atoms with Crippen LogP contribution in [0.1, 0.15) is 58.8 Å². The van der Waals surface area contributed by atoms with E-state index in [1.807, 2.05) is 43.0 Å². The number of amides is 3. The molecule has 2 N–H and O–H groups in total. The maximum absolute atomic E-state index is 12.6. The van der Waals surface area contributed by atoms with Gasteiger partial charge in [0.25, 0.3) is 0 Å². The van der Waals surface area contributed by atoms with Crippen LogP contribution in [0.3, 0.4) is 0 Å². The number of hydrogen-bond acceptors (Lipinski definition) is 3. The normalized spacial score (nSPS) is 18.8. The van der Waals surface area contributed by atoms with E-state index < -0.39 is 0 Å². The van der Waals surface area contributed by atoms with E-state index in [0.29, 0.717) is 32.0 Å². The molecule has 1 saturated heterocycles. The van der Waals surface area contributed by atoms with Gasteiger partial charge in [-0.2, -0.15) is 0 Å². The van der Waals surface area contributed by atoms with Crippen LogP contribution in [0.15, 0.2) is 24.3 Å². The molecular weight excluding hydrogens is 354 g/mol. The summed E-state index contributed by atoms with van der Waals surface area (Å²) < 4.78 is 5.62. The minimum atomic E-state index is -0.0506. The van der Waals surface area contributed by atoms with Crippen molar-refractivity contribution < 1.29 is 14.3 Å². The van der Waals surface area contributed by atoms with Crippen molar-refractivity contribution in [3.63, 3.8) is 0 Å². The number of likely N-dealkylation sites (tertiary alicyclic amines) is 1. The molecule has 1 saturated carbocycles. The van der Waals surface area contributed by atoms with Crippen LogP contribution in [0.5, 0.6) is 5.75 Å². The smallest absolute Gasteiger partial charge is 0.317 e. The summed E-state index contributed by atoms with van der Waals surface area (Å²) in [6.45, 7) is 5.24. The van der Waals surface area contributed by atoms with Crippen molar-refractivity contribution in [2.24, 2.45) is 5.92 Å². The molecule has 2 aliphatic rings. The molecule has 6 nitrogen and oxygen atoms in total. The van der Waals surface area contributed by atoms with Gasteiger partial charge in [0, 0.05) is 30.7 Å². The number of carbonyl (C=O) groups is 2. The number of rotatable bonds is 5. The maximum atomic E-state index is 12.6. The first-order valence-corrected chi connectivity index (χ1v) is 10.6. The minimum Gasteiger partial charge on any atom is -0.491 e. The summed E-state index contributed by atoms with van der Waals surface area (Å²) in [6, 6.07) is 7.82. The molecule has 0 atom stereocenters. The Morgan fingerprint density at radius 2 is 1.64 bits per heavy atom. The first-order chi connectivity index (χ1) is 13.5. The van der Waals surface area contributed by atoms with Crippen LogP contribution < -0.4 is 15.4 Å². The summed E-state index contributed by atoms with van der Waals surface area (Å²) in [5.74, 6) is 0.778. The van der Waals surface area contributed by atoms with Crippen molar-refractivity contribution in [2.75, 3.05) is 18.4 Å². The molecule has 28 heavy (non-hydrogen) atoms. The van der Waals surface area contributed by atoms with Gasteiger partial charge in [0.05, 0.1) is 6.10 Å². The predicted molar refractivity (Wildman–Crippen MR) is 111 cm³/mol. The third-order valence-electron chi connectivity index (χ3n) is 5.58. The summed E-state index contributed by atoms with van der Waals surface area (Å²) in [5.41, 5.74) is 0.776. The van der Waals surface area contributed by atoms with Crippen LogP contribution in [0, 0.1) is 5.92 Å². The molecule has 0 unspecified atom stereocenters. The number of carbonyl (C=O) groups excluding carboxylic acids is 2. The zero-order valence-corrected chi connectivity index (χ0v) is 17.1. The van der Waals surface area contributed by atoms with E-state index in [9.17, 15) is 9.59 Å². The van der Waals surface area contributed by atoms with Crippen molar-refractivity contribution in [2.45, 2.75) is 70.9 Å². The monoisotopic (exact) mass is 387 g/mol. The third kappa shape index (κ3) is 5.88. The molecule has 0 bridgehead atoms. The minimum absolute atomic E-state index is 0.0323. The van der Waals surface area contributed by atoms with Crippen molar-refractivity contribution >= 4 is 17.6 Å². The van der Waals surface area contributed by atoms with E-state index in [2.05, 4.69) is 10.6 Å². The Bertz CT molecular complexity index is 645. The first kappa shape index (κ1) is 20.5. The fourth-order valence-electron chi connectivity index (χ4n) is 3.99. The molecule has 6 heteroatoms. The van der Waals surface area contributed by atoms with Gasteiger partial charge in [0.1, 0.15) is 5.75 Å². The number of anilines is 1. The van der Waals surface area contributed by atoms with Crippen LogP contribution in [0.25, 0.3) is 0 Å². The summed E-state index contributed by atoms with van der Waals surface area (Å²) in [5, 5.41) is 6.15. The zero-order chi connectivity index (χ0) is 19.9. The van der Waals surface area contributed by atoms with Crippen molar-refractivity contribution in [3.05, 3.63) is 24.3 Å². The highest BCUT2D eigenvalue weighted by molar-refractivity contribution is 5.92. The molecule has 1 heterocycles. The fraction of sp³-hybridized carbons (Fsp3) is 0.636. The Kier molecular flexibility index (Phi) is 7.18. The molecule has 0 aromatic heterocycles. The van der Waals surface area contributed by atoms with Crippen LogP contribution in [-0.4, -0.2) is 42.1 Å². The SMILES string of the molecule is CC(C)Oc1ccc(NC(=O)C2CCN(C(=O)NC3CCCCC3)CC2)cc1. The molecule has 1 aliphatic heterocycles. The predicted octanol–water partition coefficient (Wildman–Crippen LogP) is 4.17. The second kappa shape index (κ2) is 9.80. The van der Waals surface area contributed by atoms with E-state index in [0.717, 1.165) is 24.3 Å². The lowest BCUT2D eigenvalue weighted by Crippen LogP contribution is -2.49. The number of benzene rings is 1. The average molecular weight is 388 g/mol. The van der Waals surface area contributed by atoms with Crippen molar-refractivity contribution in [1.29, 1.82) is 0 Å². The Hall–Kier alpha value is -2.24. The molecule has 1 aromatic rings. The quantitative estimate of drug-likeness (QED) is 0.797. The standard InChI is InChI=1S/C22H33N3O3/c1-16(2)28-20-10-8-19(9-11-20)23-21(26)17-12-14-25(15-13-17)22(27)24-18-6-4-3-5-7-18/h8-11,16-18H,3-7,12-15H2,1-2H3,(H,23,26)(H,24,27). The topological polar surface area (TPSA) is 70.7 Å². The summed E-state index contributed by atoms with van der Waals surface area (Å²) in [4.78, 5) is 26.9. The Labute approximate surface area is 168 Å². The lowest BCUT2D eigenvalue weighted by atomic mass is 9.95. The Morgan fingerprint density at radius 1 is 1.00 bits per heavy atom. The molecule has 0 radical (unpaired) electrons. The summed E-state index contributed by atoms with van der Waals surface area (Å²) in [7, 11) is 0. The van der Waals surface area contributed by atoms with E-state index in [1.54, 1.807) is 0 Å². The highest BCUT2D eigenvalue weighted by Gasteiger charge is 2.28. The molecule has 1 aromatic carbocycles. The highest BCUT2D eigenvalue weighted by Crippen LogP contribution is 2.22. The number of piperidine rings is 1.